The second-order valence-corrected chi connectivity index (χ2v) is 5.66. The normalized spacial score (nSPS) is 21.8. The van der Waals surface area contributed by atoms with Gasteiger partial charge in [-0.3, -0.25) is 4.79 Å². The highest BCUT2D eigenvalue weighted by Crippen LogP contribution is 2.26. The Balaban J connectivity index is 1.85. The molecule has 110 valence electrons. The second kappa shape index (κ2) is 6.95. The fraction of sp³-hybridized carbons (Fsp3) is 0.533. The molecular weight excluding hydrogens is 276 g/mol. The van der Waals surface area contributed by atoms with Crippen LogP contribution in [0.3, 0.4) is 0 Å². The van der Waals surface area contributed by atoms with Crippen LogP contribution in [0.25, 0.3) is 0 Å². The molecule has 0 aromatic heterocycles. The van der Waals surface area contributed by atoms with E-state index >= 15 is 0 Å². The number of carbonyl (C=O) groups excluding carboxylic acids is 1. The van der Waals surface area contributed by atoms with Crippen molar-refractivity contribution in [1.29, 1.82) is 0 Å². The highest BCUT2D eigenvalue weighted by atomic mass is 35.5. The molecule has 1 aliphatic rings. The third kappa shape index (κ3) is 3.64. The van der Waals surface area contributed by atoms with Gasteiger partial charge < -0.3 is 15.8 Å². The summed E-state index contributed by atoms with van der Waals surface area (Å²) < 4.78 is 5.53. The van der Waals surface area contributed by atoms with Gasteiger partial charge in [0.25, 0.3) is 5.91 Å². The number of benzene rings is 1. The summed E-state index contributed by atoms with van der Waals surface area (Å²) in [6, 6.07) is 5.61. The number of halogens is 1. The highest BCUT2D eigenvalue weighted by molar-refractivity contribution is 6.31. The van der Waals surface area contributed by atoms with E-state index in [-0.39, 0.29) is 18.6 Å². The van der Waals surface area contributed by atoms with Crippen LogP contribution in [0.4, 0.5) is 0 Å². The number of rotatable bonds is 5. The summed E-state index contributed by atoms with van der Waals surface area (Å²) in [5.41, 5.74) is 6.55. The van der Waals surface area contributed by atoms with E-state index in [1.54, 1.807) is 6.07 Å². The molecule has 0 radical (unpaired) electrons. The number of carbonyl (C=O) groups is 1. The Bertz CT molecular complexity index is 479. The minimum atomic E-state index is -0.102. The molecule has 1 fully saturated rings. The molecule has 1 aromatic carbocycles. The lowest BCUT2D eigenvalue weighted by atomic mass is 10.0. The second-order valence-electron chi connectivity index (χ2n) is 5.25. The summed E-state index contributed by atoms with van der Waals surface area (Å²) >= 11 is 6.01. The summed E-state index contributed by atoms with van der Waals surface area (Å²) in [7, 11) is 0. The molecule has 20 heavy (non-hydrogen) atoms. The molecule has 0 heterocycles. The van der Waals surface area contributed by atoms with Gasteiger partial charge in [-0.25, -0.2) is 0 Å². The maximum atomic E-state index is 11.9. The van der Waals surface area contributed by atoms with Gasteiger partial charge in [0, 0.05) is 16.6 Å². The van der Waals surface area contributed by atoms with Crippen molar-refractivity contribution in [2.75, 3.05) is 13.2 Å². The highest BCUT2D eigenvalue weighted by Gasteiger charge is 2.27. The van der Waals surface area contributed by atoms with E-state index in [0.717, 1.165) is 24.8 Å². The van der Waals surface area contributed by atoms with Crippen LogP contribution < -0.4 is 15.8 Å². The minimum Gasteiger partial charge on any atom is -0.483 e. The van der Waals surface area contributed by atoms with Crippen molar-refractivity contribution >= 4 is 17.5 Å². The van der Waals surface area contributed by atoms with Crippen LogP contribution in [0.5, 0.6) is 5.75 Å². The number of ether oxygens (including phenoxy) is 1. The minimum absolute atomic E-state index is 0.00890. The van der Waals surface area contributed by atoms with Gasteiger partial charge in [0.05, 0.1) is 0 Å². The van der Waals surface area contributed by atoms with Crippen LogP contribution in [0.1, 0.15) is 24.8 Å². The zero-order valence-electron chi connectivity index (χ0n) is 11.7. The quantitative estimate of drug-likeness (QED) is 0.876. The van der Waals surface area contributed by atoms with E-state index in [2.05, 4.69) is 5.32 Å². The first kappa shape index (κ1) is 15.1. The van der Waals surface area contributed by atoms with Crippen molar-refractivity contribution in [3.63, 3.8) is 0 Å². The van der Waals surface area contributed by atoms with E-state index in [1.807, 2.05) is 19.1 Å². The third-order valence-electron chi connectivity index (χ3n) is 3.88. The molecule has 0 spiro atoms. The van der Waals surface area contributed by atoms with E-state index in [9.17, 15) is 4.79 Å². The van der Waals surface area contributed by atoms with E-state index in [0.29, 0.717) is 23.2 Å². The molecule has 5 heteroatoms. The summed E-state index contributed by atoms with van der Waals surface area (Å²) in [6.07, 6.45) is 3.22. The fourth-order valence-corrected chi connectivity index (χ4v) is 2.81. The lowest BCUT2D eigenvalue weighted by Crippen LogP contribution is -2.42. The largest absolute Gasteiger partial charge is 0.483 e. The van der Waals surface area contributed by atoms with Crippen LogP contribution in [0, 0.1) is 12.8 Å². The monoisotopic (exact) mass is 296 g/mol. The van der Waals surface area contributed by atoms with Gasteiger partial charge in [-0.05, 0) is 44.4 Å². The molecule has 0 aliphatic heterocycles. The smallest absolute Gasteiger partial charge is 0.258 e. The van der Waals surface area contributed by atoms with Gasteiger partial charge in [-0.15, -0.1) is 0 Å². The first-order chi connectivity index (χ1) is 9.61. The molecule has 1 amide bonds. The summed E-state index contributed by atoms with van der Waals surface area (Å²) in [4.78, 5) is 11.9. The fourth-order valence-electron chi connectivity index (χ4n) is 2.64. The maximum absolute atomic E-state index is 11.9. The molecule has 4 nitrogen and oxygen atoms in total. The lowest BCUT2D eigenvalue weighted by molar-refractivity contribution is -0.124. The third-order valence-corrected chi connectivity index (χ3v) is 4.29. The van der Waals surface area contributed by atoms with E-state index < -0.39 is 0 Å². The van der Waals surface area contributed by atoms with Gasteiger partial charge in [-0.2, -0.15) is 0 Å². The van der Waals surface area contributed by atoms with Crippen LogP contribution >= 0.6 is 11.6 Å². The zero-order chi connectivity index (χ0) is 14.5. The number of amides is 1. The summed E-state index contributed by atoms with van der Waals surface area (Å²) in [5.74, 6) is 0.941. The average molecular weight is 297 g/mol. The standard InChI is InChI=1S/C15H21ClN2O2/c1-10-12(16)5-3-7-14(10)20-9-15(19)18-13-6-2-4-11(13)8-17/h3,5,7,11,13H,2,4,6,8-9,17H2,1H3,(H,18,19). The van der Waals surface area contributed by atoms with Gasteiger partial charge in [0.2, 0.25) is 0 Å². The van der Waals surface area contributed by atoms with Crippen molar-refractivity contribution < 1.29 is 9.53 Å². The van der Waals surface area contributed by atoms with E-state index in [4.69, 9.17) is 22.1 Å². The number of nitrogens with two attached hydrogens (primary N) is 1. The molecule has 1 aliphatic carbocycles. The van der Waals surface area contributed by atoms with Crippen LogP contribution in [0.15, 0.2) is 18.2 Å². The van der Waals surface area contributed by atoms with Crippen molar-refractivity contribution in [3.8, 4) is 5.75 Å². The van der Waals surface area contributed by atoms with Crippen molar-refractivity contribution in [2.24, 2.45) is 11.7 Å². The summed E-state index contributed by atoms with van der Waals surface area (Å²) in [6.45, 7) is 2.51. The predicted octanol–water partition coefficient (Wildman–Crippen LogP) is 2.27. The Hall–Kier alpha value is -1.26. The number of hydrogen-bond donors (Lipinski definition) is 2. The SMILES string of the molecule is Cc1c(Cl)cccc1OCC(=O)NC1CCCC1CN. The van der Waals surface area contributed by atoms with Crippen molar-refractivity contribution in [2.45, 2.75) is 32.2 Å². The Morgan fingerprint density at radius 1 is 1.50 bits per heavy atom. The molecular formula is C15H21ClN2O2. The Labute approximate surface area is 124 Å². The van der Waals surface area contributed by atoms with Crippen LogP contribution in [0.2, 0.25) is 5.02 Å². The molecule has 1 saturated carbocycles. The summed E-state index contributed by atoms with van der Waals surface area (Å²) in [5, 5.41) is 3.65. The first-order valence-electron chi connectivity index (χ1n) is 6.99. The zero-order valence-corrected chi connectivity index (χ0v) is 12.5. The molecule has 0 bridgehead atoms. The predicted molar refractivity (Wildman–Crippen MR) is 80.0 cm³/mol. The number of nitrogens with one attached hydrogen (secondary N) is 1. The number of hydrogen-bond acceptors (Lipinski definition) is 3. The lowest BCUT2D eigenvalue weighted by Gasteiger charge is -2.19. The molecule has 3 N–H and O–H groups in total. The molecule has 2 rings (SSSR count). The maximum Gasteiger partial charge on any atom is 0.258 e. The Morgan fingerprint density at radius 2 is 2.30 bits per heavy atom. The van der Waals surface area contributed by atoms with Gasteiger partial charge in [-0.1, -0.05) is 24.1 Å². The average Bonchev–Trinajstić information content (AvgIpc) is 2.87. The van der Waals surface area contributed by atoms with Gasteiger partial charge >= 0.3 is 0 Å². The van der Waals surface area contributed by atoms with Gasteiger partial charge in [0.15, 0.2) is 6.61 Å². The van der Waals surface area contributed by atoms with Crippen molar-refractivity contribution in [1.82, 2.24) is 5.32 Å². The first-order valence-corrected chi connectivity index (χ1v) is 7.37. The van der Waals surface area contributed by atoms with Crippen LogP contribution in [-0.2, 0) is 4.79 Å². The van der Waals surface area contributed by atoms with Crippen molar-refractivity contribution in [3.05, 3.63) is 28.8 Å². The van der Waals surface area contributed by atoms with Crippen LogP contribution in [-0.4, -0.2) is 25.1 Å². The molecule has 2 unspecified atom stereocenters. The molecule has 0 saturated heterocycles. The molecule has 2 atom stereocenters. The topological polar surface area (TPSA) is 64.3 Å². The van der Waals surface area contributed by atoms with E-state index in [1.165, 1.54) is 0 Å². The molecule has 1 aromatic rings. The Morgan fingerprint density at radius 3 is 3.05 bits per heavy atom. The Kier molecular flexibility index (Phi) is 5.26. The van der Waals surface area contributed by atoms with Gasteiger partial charge in [0.1, 0.15) is 5.75 Å².